The molecular weight excluding hydrogens is 168 g/mol. The van der Waals surface area contributed by atoms with Gasteiger partial charge in [0.1, 0.15) is 0 Å². The first-order valence-corrected chi connectivity index (χ1v) is 6.01. The molecule has 2 aliphatic rings. The van der Waals surface area contributed by atoms with E-state index in [2.05, 4.69) is 24.3 Å². The SMILES string of the molecule is C1=C(/C=C/C2=CCCCC2)CCCC1. The van der Waals surface area contributed by atoms with E-state index in [1.165, 1.54) is 51.4 Å². The Morgan fingerprint density at radius 2 is 1.21 bits per heavy atom. The summed E-state index contributed by atoms with van der Waals surface area (Å²) >= 11 is 0. The van der Waals surface area contributed by atoms with Crippen LogP contribution in [0.3, 0.4) is 0 Å². The van der Waals surface area contributed by atoms with Crippen molar-refractivity contribution >= 4 is 0 Å². The van der Waals surface area contributed by atoms with E-state index in [4.69, 9.17) is 0 Å². The molecule has 0 aliphatic heterocycles. The summed E-state index contributed by atoms with van der Waals surface area (Å²) in [6.45, 7) is 0. The molecule has 2 aliphatic carbocycles. The molecule has 0 radical (unpaired) electrons. The van der Waals surface area contributed by atoms with Crippen molar-refractivity contribution in [3.63, 3.8) is 0 Å². The Labute approximate surface area is 87.4 Å². The van der Waals surface area contributed by atoms with E-state index < -0.39 is 0 Å². The summed E-state index contributed by atoms with van der Waals surface area (Å²) in [4.78, 5) is 0. The average molecular weight is 188 g/mol. The highest BCUT2D eigenvalue weighted by Gasteiger charge is 2.02. The van der Waals surface area contributed by atoms with Crippen LogP contribution >= 0.6 is 0 Å². The summed E-state index contributed by atoms with van der Waals surface area (Å²) in [5, 5.41) is 0. The van der Waals surface area contributed by atoms with Crippen LogP contribution in [-0.2, 0) is 0 Å². The molecule has 14 heavy (non-hydrogen) atoms. The molecule has 76 valence electrons. The standard InChI is InChI=1S/C14H20/c1-3-7-13(8-4-1)11-12-14-9-5-2-6-10-14/h7,9,11-12H,1-6,8,10H2/b12-11+. The van der Waals surface area contributed by atoms with Crippen LogP contribution in [0.2, 0.25) is 0 Å². The van der Waals surface area contributed by atoms with Crippen molar-refractivity contribution in [1.29, 1.82) is 0 Å². The van der Waals surface area contributed by atoms with E-state index in [9.17, 15) is 0 Å². The van der Waals surface area contributed by atoms with Gasteiger partial charge in [0.05, 0.1) is 0 Å². The van der Waals surface area contributed by atoms with E-state index in [-0.39, 0.29) is 0 Å². The summed E-state index contributed by atoms with van der Waals surface area (Å²) in [5.74, 6) is 0. The summed E-state index contributed by atoms with van der Waals surface area (Å²) < 4.78 is 0. The second-order valence-corrected chi connectivity index (χ2v) is 4.38. The minimum absolute atomic E-state index is 1.29. The van der Waals surface area contributed by atoms with E-state index in [1.807, 2.05) is 0 Å². The largest absolute Gasteiger partial charge is 0.0813 e. The summed E-state index contributed by atoms with van der Waals surface area (Å²) in [5.41, 5.74) is 3.12. The second-order valence-electron chi connectivity index (χ2n) is 4.38. The zero-order valence-corrected chi connectivity index (χ0v) is 8.97. The van der Waals surface area contributed by atoms with Gasteiger partial charge < -0.3 is 0 Å². The Hall–Kier alpha value is -0.780. The maximum atomic E-state index is 2.41. The molecular formula is C14H20. The normalized spacial score (nSPS) is 23.4. The maximum Gasteiger partial charge on any atom is -0.0282 e. The summed E-state index contributed by atoms with van der Waals surface area (Å²) in [6, 6.07) is 0. The molecule has 0 nitrogen and oxygen atoms in total. The quantitative estimate of drug-likeness (QED) is 0.596. The van der Waals surface area contributed by atoms with Crippen LogP contribution in [0.15, 0.2) is 35.5 Å². The van der Waals surface area contributed by atoms with Gasteiger partial charge in [-0.15, -0.1) is 0 Å². The molecule has 0 fully saturated rings. The summed E-state index contributed by atoms with van der Waals surface area (Å²) in [7, 11) is 0. The first-order valence-electron chi connectivity index (χ1n) is 6.01. The average Bonchev–Trinajstić information content (AvgIpc) is 2.29. The van der Waals surface area contributed by atoms with Crippen molar-refractivity contribution in [1.82, 2.24) is 0 Å². The Morgan fingerprint density at radius 3 is 1.57 bits per heavy atom. The fourth-order valence-electron chi connectivity index (χ4n) is 2.24. The fourth-order valence-corrected chi connectivity index (χ4v) is 2.24. The molecule has 0 saturated carbocycles. The van der Waals surface area contributed by atoms with Crippen LogP contribution in [0, 0.1) is 0 Å². The third-order valence-electron chi connectivity index (χ3n) is 3.16. The van der Waals surface area contributed by atoms with Gasteiger partial charge in [-0.2, -0.15) is 0 Å². The van der Waals surface area contributed by atoms with Gasteiger partial charge >= 0.3 is 0 Å². The van der Waals surface area contributed by atoms with E-state index in [1.54, 1.807) is 11.1 Å². The molecule has 0 aromatic carbocycles. The number of allylic oxidation sites excluding steroid dienone is 6. The van der Waals surface area contributed by atoms with Crippen molar-refractivity contribution in [3.05, 3.63) is 35.5 Å². The van der Waals surface area contributed by atoms with Gasteiger partial charge in [-0.05, 0) is 51.4 Å². The Bertz CT molecular complexity index is 238. The van der Waals surface area contributed by atoms with Gasteiger partial charge in [0.2, 0.25) is 0 Å². The lowest BCUT2D eigenvalue weighted by Crippen LogP contribution is -1.91. The monoisotopic (exact) mass is 188 g/mol. The van der Waals surface area contributed by atoms with Gasteiger partial charge in [0.15, 0.2) is 0 Å². The Kier molecular flexibility index (Phi) is 3.62. The fraction of sp³-hybridized carbons (Fsp3) is 0.571. The molecule has 0 bridgehead atoms. The zero-order chi connectivity index (χ0) is 9.64. The zero-order valence-electron chi connectivity index (χ0n) is 8.97. The molecule has 0 aromatic rings. The molecule has 0 heteroatoms. The highest BCUT2D eigenvalue weighted by molar-refractivity contribution is 5.29. The van der Waals surface area contributed by atoms with Crippen molar-refractivity contribution in [3.8, 4) is 0 Å². The molecule has 0 heterocycles. The minimum atomic E-state index is 1.29. The first-order chi connectivity index (χ1) is 6.95. The minimum Gasteiger partial charge on any atom is -0.0813 e. The third kappa shape index (κ3) is 2.87. The van der Waals surface area contributed by atoms with Crippen molar-refractivity contribution in [2.75, 3.05) is 0 Å². The van der Waals surface area contributed by atoms with Crippen LogP contribution in [0.25, 0.3) is 0 Å². The Balaban J connectivity index is 1.91. The van der Waals surface area contributed by atoms with Gasteiger partial charge in [0, 0.05) is 0 Å². The highest BCUT2D eigenvalue weighted by Crippen LogP contribution is 2.22. The molecule has 0 aromatic heterocycles. The van der Waals surface area contributed by atoms with E-state index in [0.29, 0.717) is 0 Å². The molecule has 0 spiro atoms. The van der Waals surface area contributed by atoms with Crippen LogP contribution < -0.4 is 0 Å². The number of hydrogen-bond acceptors (Lipinski definition) is 0. The van der Waals surface area contributed by atoms with Crippen LogP contribution in [0.5, 0.6) is 0 Å². The van der Waals surface area contributed by atoms with Gasteiger partial charge in [-0.1, -0.05) is 35.5 Å². The molecule has 0 saturated heterocycles. The highest BCUT2D eigenvalue weighted by atomic mass is 14.1. The van der Waals surface area contributed by atoms with E-state index in [0.717, 1.165) is 0 Å². The van der Waals surface area contributed by atoms with Crippen molar-refractivity contribution < 1.29 is 0 Å². The van der Waals surface area contributed by atoms with E-state index >= 15 is 0 Å². The molecule has 0 amide bonds. The topological polar surface area (TPSA) is 0 Å². The number of rotatable bonds is 2. The molecule has 0 N–H and O–H groups in total. The van der Waals surface area contributed by atoms with Crippen LogP contribution in [-0.4, -0.2) is 0 Å². The predicted octanol–water partition coefficient (Wildman–Crippen LogP) is 4.54. The van der Waals surface area contributed by atoms with Crippen LogP contribution in [0.4, 0.5) is 0 Å². The molecule has 0 unspecified atom stereocenters. The lowest BCUT2D eigenvalue weighted by atomic mass is 9.96. The number of hydrogen-bond donors (Lipinski definition) is 0. The van der Waals surface area contributed by atoms with Gasteiger partial charge in [0.25, 0.3) is 0 Å². The smallest absolute Gasteiger partial charge is 0.0282 e. The lowest BCUT2D eigenvalue weighted by molar-refractivity contribution is 0.707. The van der Waals surface area contributed by atoms with Crippen molar-refractivity contribution in [2.45, 2.75) is 51.4 Å². The summed E-state index contributed by atoms with van der Waals surface area (Å²) in [6.07, 6.45) is 20.2. The maximum absolute atomic E-state index is 2.41. The predicted molar refractivity (Wildman–Crippen MR) is 62.2 cm³/mol. The van der Waals surface area contributed by atoms with Crippen molar-refractivity contribution in [2.24, 2.45) is 0 Å². The third-order valence-corrected chi connectivity index (χ3v) is 3.16. The van der Waals surface area contributed by atoms with Gasteiger partial charge in [-0.25, -0.2) is 0 Å². The second kappa shape index (κ2) is 5.19. The molecule has 0 atom stereocenters. The van der Waals surface area contributed by atoms with Gasteiger partial charge in [-0.3, -0.25) is 0 Å². The lowest BCUT2D eigenvalue weighted by Gasteiger charge is -2.10. The van der Waals surface area contributed by atoms with Crippen LogP contribution in [0.1, 0.15) is 51.4 Å². The first kappa shape index (κ1) is 9.76. The Morgan fingerprint density at radius 1 is 0.714 bits per heavy atom. The molecule has 2 rings (SSSR count).